The lowest BCUT2D eigenvalue weighted by molar-refractivity contribution is 0.405. The van der Waals surface area contributed by atoms with Gasteiger partial charge in [0.15, 0.2) is 0 Å². The van der Waals surface area contributed by atoms with Crippen LogP contribution in [0.2, 0.25) is 0 Å². The lowest BCUT2D eigenvalue weighted by atomic mass is 9.83. The predicted octanol–water partition coefficient (Wildman–Crippen LogP) is 3.83. The van der Waals surface area contributed by atoms with E-state index in [9.17, 15) is 0 Å². The molecule has 0 amide bonds. The molecule has 0 atom stereocenters. The first-order valence-corrected chi connectivity index (χ1v) is 7.35. The van der Waals surface area contributed by atoms with Gasteiger partial charge >= 0.3 is 0 Å². The molecule has 1 aromatic carbocycles. The summed E-state index contributed by atoms with van der Waals surface area (Å²) in [4.78, 5) is 4.80. The van der Waals surface area contributed by atoms with Crippen LogP contribution in [0.25, 0.3) is 11.3 Å². The second kappa shape index (κ2) is 5.63. The molecule has 0 fully saturated rings. The molecule has 18 heavy (non-hydrogen) atoms. The maximum absolute atomic E-state index is 5.98. The summed E-state index contributed by atoms with van der Waals surface area (Å²) in [6.45, 7) is 5.06. The van der Waals surface area contributed by atoms with Crippen LogP contribution in [-0.4, -0.2) is 11.5 Å². The Bertz CT molecular complexity index is 478. The highest BCUT2D eigenvalue weighted by molar-refractivity contribution is 7.10. The van der Waals surface area contributed by atoms with Gasteiger partial charge in [-0.1, -0.05) is 44.2 Å². The van der Waals surface area contributed by atoms with Gasteiger partial charge in [0.05, 0.1) is 5.69 Å². The minimum absolute atomic E-state index is 0.0533. The van der Waals surface area contributed by atoms with Crippen LogP contribution in [0.4, 0.5) is 0 Å². The summed E-state index contributed by atoms with van der Waals surface area (Å²) < 4.78 is 0. The lowest BCUT2D eigenvalue weighted by Crippen LogP contribution is -2.33. The Balaban J connectivity index is 2.36. The number of hydrogen-bond acceptors (Lipinski definition) is 3. The lowest BCUT2D eigenvalue weighted by Gasteiger charge is -2.27. The van der Waals surface area contributed by atoms with E-state index in [1.165, 1.54) is 10.6 Å². The van der Waals surface area contributed by atoms with Crippen LogP contribution in [-0.2, 0) is 5.41 Å². The van der Waals surface area contributed by atoms with Crippen LogP contribution in [0.5, 0.6) is 0 Å². The van der Waals surface area contributed by atoms with Crippen molar-refractivity contribution in [1.82, 2.24) is 4.98 Å². The maximum Gasteiger partial charge on any atom is 0.101 e. The van der Waals surface area contributed by atoms with E-state index in [4.69, 9.17) is 10.7 Å². The number of nitrogens with zero attached hydrogens (tertiary/aromatic N) is 1. The minimum Gasteiger partial charge on any atom is -0.329 e. The van der Waals surface area contributed by atoms with Crippen LogP contribution < -0.4 is 5.73 Å². The minimum atomic E-state index is 0.0533. The van der Waals surface area contributed by atoms with Crippen molar-refractivity contribution in [3.63, 3.8) is 0 Å². The van der Waals surface area contributed by atoms with Gasteiger partial charge in [0.1, 0.15) is 5.01 Å². The molecule has 0 unspecified atom stereocenters. The van der Waals surface area contributed by atoms with Gasteiger partial charge in [-0.05, 0) is 12.8 Å². The van der Waals surface area contributed by atoms with E-state index in [0.717, 1.165) is 18.5 Å². The third-order valence-corrected chi connectivity index (χ3v) is 4.86. The molecule has 2 N–H and O–H groups in total. The van der Waals surface area contributed by atoms with Gasteiger partial charge in [0.2, 0.25) is 0 Å². The van der Waals surface area contributed by atoms with Crippen molar-refractivity contribution in [1.29, 1.82) is 0 Å². The second-order valence-corrected chi connectivity index (χ2v) is 5.45. The zero-order chi connectivity index (χ0) is 13.0. The summed E-state index contributed by atoms with van der Waals surface area (Å²) in [6.07, 6.45) is 2.09. The maximum atomic E-state index is 5.98. The first kappa shape index (κ1) is 13.2. The van der Waals surface area contributed by atoms with Crippen LogP contribution in [0.1, 0.15) is 31.7 Å². The molecule has 2 rings (SSSR count). The molecular formula is C15H20N2S. The van der Waals surface area contributed by atoms with Gasteiger partial charge in [-0.3, -0.25) is 0 Å². The molecule has 0 saturated heterocycles. The van der Waals surface area contributed by atoms with Crippen molar-refractivity contribution in [2.24, 2.45) is 5.73 Å². The third kappa shape index (κ3) is 2.33. The fourth-order valence-electron chi connectivity index (χ4n) is 2.19. The average Bonchev–Trinajstić information content (AvgIpc) is 2.93. The third-order valence-electron chi connectivity index (χ3n) is 3.77. The van der Waals surface area contributed by atoms with Crippen molar-refractivity contribution in [3.8, 4) is 11.3 Å². The monoisotopic (exact) mass is 260 g/mol. The summed E-state index contributed by atoms with van der Waals surface area (Å²) in [5.74, 6) is 0. The molecule has 0 bridgehead atoms. The van der Waals surface area contributed by atoms with E-state index in [1.807, 2.05) is 18.2 Å². The number of thiazole rings is 1. The molecule has 3 heteroatoms. The van der Waals surface area contributed by atoms with Gasteiger partial charge in [-0.15, -0.1) is 11.3 Å². The Hall–Kier alpha value is -1.19. The quantitative estimate of drug-likeness (QED) is 0.887. The van der Waals surface area contributed by atoms with E-state index in [0.29, 0.717) is 6.54 Å². The molecule has 2 nitrogen and oxygen atoms in total. The van der Waals surface area contributed by atoms with Gasteiger partial charge in [-0.2, -0.15) is 0 Å². The Labute approximate surface area is 113 Å². The number of benzene rings is 1. The van der Waals surface area contributed by atoms with Gasteiger partial charge < -0.3 is 5.73 Å². The molecule has 0 spiro atoms. The predicted molar refractivity (Wildman–Crippen MR) is 78.9 cm³/mol. The molecule has 0 aliphatic rings. The average molecular weight is 260 g/mol. The van der Waals surface area contributed by atoms with Crippen LogP contribution in [0.3, 0.4) is 0 Å². The summed E-state index contributed by atoms with van der Waals surface area (Å²) in [6, 6.07) is 10.3. The second-order valence-electron chi connectivity index (χ2n) is 4.60. The van der Waals surface area contributed by atoms with Crippen molar-refractivity contribution in [2.75, 3.05) is 6.54 Å². The fourth-order valence-corrected chi connectivity index (χ4v) is 3.37. The molecule has 0 radical (unpaired) electrons. The molecule has 96 valence electrons. The van der Waals surface area contributed by atoms with Gasteiger partial charge in [0.25, 0.3) is 0 Å². The summed E-state index contributed by atoms with van der Waals surface area (Å²) >= 11 is 1.73. The highest BCUT2D eigenvalue weighted by Gasteiger charge is 2.30. The van der Waals surface area contributed by atoms with Crippen molar-refractivity contribution < 1.29 is 0 Å². The van der Waals surface area contributed by atoms with Crippen molar-refractivity contribution >= 4 is 11.3 Å². The summed E-state index contributed by atoms with van der Waals surface area (Å²) in [5.41, 5.74) is 8.27. The van der Waals surface area contributed by atoms with E-state index in [2.05, 4.69) is 31.4 Å². The fraction of sp³-hybridized carbons (Fsp3) is 0.400. The smallest absolute Gasteiger partial charge is 0.101 e. The standard InChI is InChI=1S/C15H20N2S/c1-3-15(4-2,11-16)14-17-13(10-18-14)12-8-6-5-7-9-12/h5-10H,3-4,11,16H2,1-2H3. The Morgan fingerprint density at radius 1 is 1.17 bits per heavy atom. The summed E-state index contributed by atoms with van der Waals surface area (Å²) in [5, 5.41) is 3.31. The Morgan fingerprint density at radius 2 is 1.83 bits per heavy atom. The van der Waals surface area contributed by atoms with Crippen LogP contribution in [0, 0.1) is 0 Å². The normalized spacial score (nSPS) is 11.7. The first-order valence-electron chi connectivity index (χ1n) is 6.47. The topological polar surface area (TPSA) is 38.9 Å². The van der Waals surface area contributed by atoms with E-state index in [1.54, 1.807) is 11.3 Å². The number of rotatable bonds is 5. The molecule has 0 saturated carbocycles. The molecule has 1 heterocycles. The molecular weight excluding hydrogens is 240 g/mol. The Kier molecular flexibility index (Phi) is 4.15. The summed E-state index contributed by atoms with van der Waals surface area (Å²) in [7, 11) is 0. The molecule has 0 aliphatic heterocycles. The van der Waals surface area contributed by atoms with Crippen molar-refractivity contribution in [2.45, 2.75) is 32.1 Å². The molecule has 1 aromatic heterocycles. The van der Waals surface area contributed by atoms with Crippen LogP contribution in [0.15, 0.2) is 35.7 Å². The van der Waals surface area contributed by atoms with E-state index < -0.39 is 0 Å². The highest BCUT2D eigenvalue weighted by Crippen LogP contribution is 2.34. The first-order chi connectivity index (χ1) is 8.75. The SMILES string of the molecule is CCC(CC)(CN)c1nc(-c2ccccc2)cs1. The van der Waals surface area contributed by atoms with Crippen LogP contribution >= 0.6 is 11.3 Å². The van der Waals surface area contributed by atoms with Gasteiger partial charge in [0, 0.05) is 22.9 Å². The van der Waals surface area contributed by atoms with E-state index in [-0.39, 0.29) is 5.41 Å². The number of aromatic nitrogens is 1. The van der Waals surface area contributed by atoms with Gasteiger partial charge in [-0.25, -0.2) is 4.98 Å². The molecule has 2 aromatic rings. The number of hydrogen-bond donors (Lipinski definition) is 1. The molecule has 0 aliphatic carbocycles. The van der Waals surface area contributed by atoms with Crippen molar-refractivity contribution in [3.05, 3.63) is 40.7 Å². The Morgan fingerprint density at radius 3 is 2.39 bits per heavy atom. The van der Waals surface area contributed by atoms with E-state index >= 15 is 0 Å². The number of nitrogens with two attached hydrogens (primary N) is 1. The largest absolute Gasteiger partial charge is 0.329 e. The zero-order valence-corrected chi connectivity index (χ0v) is 11.8. The highest BCUT2D eigenvalue weighted by atomic mass is 32.1. The zero-order valence-electron chi connectivity index (χ0n) is 11.0.